The Morgan fingerprint density at radius 3 is 2.38 bits per heavy atom. The van der Waals surface area contributed by atoms with Crippen molar-refractivity contribution in [3.8, 4) is 5.75 Å². The number of carbonyl (C=O) groups is 4. The number of carbonyl (C=O) groups excluding carboxylic acids is 4. The van der Waals surface area contributed by atoms with Gasteiger partial charge in [-0.3, -0.25) is 19.7 Å². The third kappa shape index (κ3) is 4.29. The Labute approximate surface area is 166 Å². The zero-order valence-corrected chi connectivity index (χ0v) is 15.7. The minimum absolute atomic E-state index is 0.267. The fourth-order valence-electron chi connectivity index (χ4n) is 2.64. The number of anilines is 1. The number of nitrogens with zero attached hydrogens (tertiary/aromatic N) is 2. The van der Waals surface area contributed by atoms with E-state index in [1.807, 2.05) is 6.92 Å². The number of benzene rings is 2. The molecule has 1 saturated heterocycles. The summed E-state index contributed by atoms with van der Waals surface area (Å²) in [6.45, 7) is 1.89. The van der Waals surface area contributed by atoms with E-state index >= 15 is 0 Å². The van der Waals surface area contributed by atoms with E-state index in [4.69, 9.17) is 4.74 Å². The Morgan fingerprint density at radius 1 is 1.10 bits per heavy atom. The van der Waals surface area contributed by atoms with Crippen LogP contribution in [-0.4, -0.2) is 37.1 Å². The van der Waals surface area contributed by atoms with Crippen molar-refractivity contribution in [3.05, 3.63) is 59.7 Å². The van der Waals surface area contributed by atoms with Gasteiger partial charge in [0.25, 0.3) is 11.8 Å². The molecule has 2 N–H and O–H groups in total. The van der Waals surface area contributed by atoms with Gasteiger partial charge in [-0.15, -0.1) is 0 Å². The smallest absolute Gasteiger partial charge is 0.335 e. The highest BCUT2D eigenvalue weighted by Crippen LogP contribution is 2.23. The van der Waals surface area contributed by atoms with Gasteiger partial charge in [-0.2, -0.15) is 5.10 Å². The van der Waals surface area contributed by atoms with Gasteiger partial charge in [-0.1, -0.05) is 17.7 Å². The topological polar surface area (TPSA) is 117 Å². The fourth-order valence-corrected chi connectivity index (χ4v) is 2.64. The molecule has 0 aromatic heterocycles. The van der Waals surface area contributed by atoms with Crippen LogP contribution >= 0.6 is 0 Å². The summed E-state index contributed by atoms with van der Waals surface area (Å²) in [6, 6.07) is 12.1. The molecule has 0 bridgehead atoms. The maximum Gasteiger partial charge on any atom is 0.335 e. The number of nitrogens with one attached hydrogen (secondary N) is 2. The minimum Gasteiger partial charge on any atom is -0.497 e. The maximum absolute atomic E-state index is 12.7. The normalized spacial score (nSPS) is 16.7. The van der Waals surface area contributed by atoms with Crippen molar-refractivity contribution < 1.29 is 23.9 Å². The molecule has 1 atom stereocenters. The molecule has 9 heteroatoms. The molecule has 3 rings (SSSR count). The lowest BCUT2D eigenvalue weighted by molar-refractivity contribution is -0.131. The lowest BCUT2D eigenvalue weighted by Crippen LogP contribution is -2.58. The second-order valence-electron chi connectivity index (χ2n) is 6.23. The van der Waals surface area contributed by atoms with Crippen LogP contribution in [0.15, 0.2) is 53.6 Å². The van der Waals surface area contributed by atoms with Crippen molar-refractivity contribution in [1.29, 1.82) is 0 Å². The van der Waals surface area contributed by atoms with E-state index < -0.39 is 29.7 Å². The van der Waals surface area contributed by atoms with E-state index in [1.54, 1.807) is 36.4 Å². The van der Waals surface area contributed by atoms with Crippen LogP contribution in [0, 0.1) is 12.8 Å². The zero-order chi connectivity index (χ0) is 21.0. The first kappa shape index (κ1) is 19.7. The molecule has 0 saturated carbocycles. The minimum atomic E-state index is -1.37. The first-order chi connectivity index (χ1) is 13.9. The standard InChI is InChI=1S/C20H18N4O5/c1-12-3-5-13(6-4-12)17(25)23-21-11-16-18(26)22-20(28)24(19(16)27)14-7-9-15(29-2)10-8-14/h3-11,16H,1-2H3,(H,23,25)(H,22,26,28)/b21-11-/t16-/m1/s1. The van der Waals surface area contributed by atoms with E-state index in [2.05, 4.69) is 15.8 Å². The molecule has 0 radical (unpaired) electrons. The van der Waals surface area contributed by atoms with Crippen LogP contribution < -0.4 is 20.4 Å². The molecule has 0 aliphatic carbocycles. The average molecular weight is 394 g/mol. The van der Waals surface area contributed by atoms with Crippen molar-refractivity contribution in [2.75, 3.05) is 12.0 Å². The van der Waals surface area contributed by atoms with Crippen LogP contribution in [0.4, 0.5) is 10.5 Å². The number of hydrogen-bond donors (Lipinski definition) is 2. The predicted molar refractivity (Wildman–Crippen MR) is 105 cm³/mol. The molecular formula is C20H18N4O5. The summed E-state index contributed by atoms with van der Waals surface area (Å²) in [6.07, 6.45) is 0.993. The highest BCUT2D eigenvalue weighted by atomic mass is 16.5. The molecule has 0 unspecified atom stereocenters. The summed E-state index contributed by atoms with van der Waals surface area (Å²) in [4.78, 5) is 49.8. The fraction of sp³-hybridized carbons (Fsp3) is 0.150. The SMILES string of the molecule is COc1ccc(N2C(=O)NC(=O)[C@@H](/C=N\NC(=O)c3ccc(C)cc3)C2=O)cc1. The number of hydrogen-bond acceptors (Lipinski definition) is 6. The number of aryl methyl sites for hydroxylation is 1. The first-order valence-corrected chi connectivity index (χ1v) is 8.63. The lowest BCUT2D eigenvalue weighted by Gasteiger charge is -2.28. The summed E-state index contributed by atoms with van der Waals surface area (Å²) in [5.41, 5.74) is 3.91. The first-order valence-electron chi connectivity index (χ1n) is 8.63. The van der Waals surface area contributed by atoms with Gasteiger partial charge >= 0.3 is 6.03 Å². The molecule has 1 heterocycles. The maximum atomic E-state index is 12.7. The van der Waals surface area contributed by atoms with Crippen LogP contribution in [0.2, 0.25) is 0 Å². The van der Waals surface area contributed by atoms with Crippen LogP contribution in [0.25, 0.3) is 0 Å². The summed E-state index contributed by atoms with van der Waals surface area (Å²) in [5, 5.41) is 5.82. The van der Waals surface area contributed by atoms with Crippen LogP contribution in [-0.2, 0) is 9.59 Å². The Kier molecular flexibility index (Phi) is 5.68. The Morgan fingerprint density at radius 2 is 1.76 bits per heavy atom. The van der Waals surface area contributed by atoms with Gasteiger partial charge in [-0.05, 0) is 43.3 Å². The third-order valence-corrected chi connectivity index (χ3v) is 4.24. The van der Waals surface area contributed by atoms with Crippen molar-refractivity contribution in [2.24, 2.45) is 11.0 Å². The average Bonchev–Trinajstić information content (AvgIpc) is 2.71. The predicted octanol–water partition coefficient (Wildman–Crippen LogP) is 1.62. The van der Waals surface area contributed by atoms with E-state index in [-0.39, 0.29) is 5.69 Å². The van der Waals surface area contributed by atoms with Gasteiger partial charge in [0.05, 0.1) is 12.8 Å². The number of hydrazone groups is 1. The molecule has 2 aromatic carbocycles. The van der Waals surface area contributed by atoms with Crippen LogP contribution in [0.1, 0.15) is 15.9 Å². The largest absolute Gasteiger partial charge is 0.497 e. The van der Waals surface area contributed by atoms with Gasteiger partial charge in [0.15, 0.2) is 5.92 Å². The number of rotatable bonds is 5. The number of urea groups is 1. The lowest BCUT2D eigenvalue weighted by atomic mass is 10.1. The monoisotopic (exact) mass is 394 g/mol. The van der Waals surface area contributed by atoms with E-state index in [1.165, 1.54) is 19.2 Å². The molecule has 9 nitrogen and oxygen atoms in total. The quantitative estimate of drug-likeness (QED) is 0.454. The molecule has 29 heavy (non-hydrogen) atoms. The van der Waals surface area contributed by atoms with E-state index in [0.717, 1.165) is 16.7 Å². The van der Waals surface area contributed by atoms with Gasteiger partial charge in [0.1, 0.15) is 5.75 Å². The van der Waals surface area contributed by atoms with E-state index in [0.29, 0.717) is 11.3 Å². The van der Waals surface area contributed by atoms with Crippen molar-refractivity contribution in [1.82, 2.24) is 10.7 Å². The highest BCUT2D eigenvalue weighted by molar-refractivity contribution is 6.32. The summed E-state index contributed by atoms with van der Waals surface area (Å²) in [7, 11) is 1.49. The second kappa shape index (κ2) is 8.34. The molecule has 1 fully saturated rings. The van der Waals surface area contributed by atoms with Gasteiger partial charge < -0.3 is 4.74 Å². The summed E-state index contributed by atoms with van der Waals surface area (Å²) in [5.74, 6) is -2.91. The molecule has 1 aliphatic rings. The van der Waals surface area contributed by atoms with E-state index in [9.17, 15) is 19.2 Å². The number of methoxy groups -OCH3 is 1. The number of barbiturate groups is 1. The molecule has 2 aromatic rings. The number of ether oxygens (including phenoxy) is 1. The highest BCUT2D eigenvalue weighted by Gasteiger charge is 2.40. The van der Waals surface area contributed by atoms with Gasteiger partial charge in [-0.25, -0.2) is 15.1 Å². The molecule has 1 aliphatic heterocycles. The summed E-state index contributed by atoms with van der Waals surface area (Å²) < 4.78 is 5.05. The van der Waals surface area contributed by atoms with Crippen LogP contribution in [0.5, 0.6) is 5.75 Å². The number of amides is 5. The summed E-state index contributed by atoms with van der Waals surface area (Å²) >= 11 is 0. The Hall–Kier alpha value is -4.01. The van der Waals surface area contributed by atoms with Gasteiger partial charge in [0, 0.05) is 11.8 Å². The second-order valence-corrected chi connectivity index (χ2v) is 6.23. The molecular weight excluding hydrogens is 376 g/mol. The van der Waals surface area contributed by atoms with Gasteiger partial charge in [0.2, 0.25) is 5.91 Å². The molecule has 5 amide bonds. The molecule has 0 spiro atoms. The zero-order valence-electron chi connectivity index (χ0n) is 15.7. The number of imide groups is 2. The van der Waals surface area contributed by atoms with Crippen molar-refractivity contribution in [2.45, 2.75) is 6.92 Å². The third-order valence-electron chi connectivity index (χ3n) is 4.24. The van der Waals surface area contributed by atoms with Crippen LogP contribution in [0.3, 0.4) is 0 Å². The Balaban J connectivity index is 1.73. The molecule has 148 valence electrons. The Bertz CT molecular complexity index is 983. The van der Waals surface area contributed by atoms with Crippen molar-refractivity contribution >= 4 is 35.7 Å². The van der Waals surface area contributed by atoms with Crippen molar-refractivity contribution in [3.63, 3.8) is 0 Å².